The van der Waals surface area contributed by atoms with Gasteiger partial charge in [-0.3, -0.25) is 0 Å². The van der Waals surface area contributed by atoms with Crippen molar-refractivity contribution >= 4 is 0 Å². The highest BCUT2D eigenvalue weighted by atomic mass is 19.4. The van der Waals surface area contributed by atoms with Crippen molar-refractivity contribution in [2.45, 2.75) is 33.4 Å². The lowest BCUT2D eigenvalue weighted by atomic mass is 10.0. The maximum atomic E-state index is 12.9. The average molecular weight is 258 g/mol. The van der Waals surface area contributed by atoms with Crippen LogP contribution in [0.25, 0.3) is 0 Å². The molecule has 0 bridgehead atoms. The second kappa shape index (κ2) is 5.93. The fourth-order valence-corrected chi connectivity index (χ4v) is 1.27. The third kappa shape index (κ3) is 3.38. The highest BCUT2D eigenvalue weighted by Gasteiger charge is 2.39. The largest absolute Gasteiger partial charge is 0.419 e. The molecule has 0 aliphatic heterocycles. The Balaban J connectivity index is 0.00000121. The summed E-state index contributed by atoms with van der Waals surface area (Å²) in [5, 5.41) is 0. The van der Waals surface area contributed by atoms with E-state index in [0.29, 0.717) is 0 Å². The standard InChI is InChI=1S/C9H6F6.C2H6/c1-2-4-5(10)3-6(11)8(12)7(4)9(13,14)15;1-2/h3H,2H2,1H3;1-2H3. The minimum atomic E-state index is -5.10. The smallest absolute Gasteiger partial charge is 0.207 e. The molecule has 6 heteroatoms. The molecule has 17 heavy (non-hydrogen) atoms. The van der Waals surface area contributed by atoms with Crippen LogP contribution in [0.15, 0.2) is 6.07 Å². The summed E-state index contributed by atoms with van der Waals surface area (Å²) >= 11 is 0. The summed E-state index contributed by atoms with van der Waals surface area (Å²) in [7, 11) is 0. The van der Waals surface area contributed by atoms with Crippen LogP contribution in [0.3, 0.4) is 0 Å². The summed E-state index contributed by atoms with van der Waals surface area (Å²) in [6.07, 6.45) is -5.46. The van der Waals surface area contributed by atoms with Crippen LogP contribution < -0.4 is 0 Å². The molecule has 0 nitrogen and oxygen atoms in total. The fourth-order valence-electron chi connectivity index (χ4n) is 1.27. The van der Waals surface area contributed by atoms with Gasteiger partial charge in [0.05, 0.1) is 0 Å². The first kappa shape index (κ1) is 15.8. The maximum absolute atomic E-state index is 12.9. The molecule has 1 aromatic rings. The quantitative estimate of drug-likeness (QED) is 0.505. The number of rotatable bonds is 1. The maximum Gasteiger partial charge on any atom is 0.419 e. The SMILES string of the molecule is CC.CCc1c(F)cc(F)c(F)c1C(F)(F)F. The molecule has 0 fully saturated rings. The van der Waals surface area contributed by atoms with E-state index in [9.17, 15) is 26.3 Å². The van der Waals surface area contributed by atoms with Gasteiger partial charge < -0.3 is 0 Å². The normalized spacial score (nSPS) is 10.9. The Kier molecular flexibility index (Phi) is 5.51. The molecule has 0 aromatic heterocycles. The summed E-state index contributed by atoms with van der Waals surface area (Å²) in [5.74, 6) is -5.28. The summed E-state index contributed by atoms with van der Waals surface area (Å²) in [6, 6.07) is 0.114. The lowest BCUT2D eigenvalue weighted by Crippen LogP contribution is -2.15. The van der Waals surface area contributed by atoms with E-state index in [0.717, 1.165) is 0 Å². The molecule has 98 valence electrons. The first-order chi connectivity index (χ1) is 7.79. The van der Waals surface area contributed by atoms with Crippen LogP contribution in [0.4, 0.5) is 26.3 Å². The minimum absolute atomic E-state index is 0.114. The third-order valence-electron chi connectivity index (χ3n) is 1.91. The van der Waals surface area contributed by atoms with Crippen LogP contribution >= 0.6 is 0 Å². The Bertz CT molecular complexity index is 381. The van der Waals surface area contributed by atoms with Crippen LogP contribution in [0.2, 0.25) is 0 Å². The van der Waals surface area contributed by atoms with Gasteiger partial charge in [0, 0.05) is 11.6 Å². The molecule has 0 atom stereocenters. The summed E-state index contributed by atoms with van der Waals surface area (Å²) in [5.41, 5.74) is -2.72. The molecular weight excluding hydrogens is 246 g/mol. The van der Waals surface area contributed by atoms with Crippen molar-refractivity contribution < 1.29 is 26.3 Å². The van der Waals surface area contributed by atoms with Crippen LogP contribution in [-0.2, 0) is 12.6 Å². The van der Waals surface area contributed by atoms with Crippen molar-refractivity contribution in [2.24, 2.45) is 0 Å². The molecule has 0 spiro atoms. The van der Waals surface area contributed by atoms with Crippen molar-refractivity contribution in [3.63, 3.8) is 0 Å². The predicted octanol–water partition coefficient (Wildman–Crippen LogP) is 4.71. The zero-order chi connectivity index (χ0) is 13.8. The summed E-state index contributed by atoms with van der Waals surface area (Å²) in [6.45, 7) is 5.23. The molecule has 0 unspecified atom stereocenters. The Morgan fingerprint density at radius 1 is 1.00 bits per heavy atom. The molecule has 0 amide bonds. The van der Waals surface area contributed by atoms with Gasteiger partial charge in [0.15, 0.2) is 11.6 Å². The van der Waals surface area contributed by atoms with Crippen molar-refractivity contribution in [2.75, 3.05) is 0 Å². The number of benzene rings is 1. The van der Waals surface area contributed by atoms with Crippen LogP contribution in [-0.4, -0.2) is 0 Å². The van der Waals surface area contributed by atoms with Gasteiger partial charge in [0.2, 0.25) is 0 Å². The van der Waals surface area contributed by atoms with Gasteiger partial charge in [-0.25, -0.2) is 13.2 Å². The van der Waals surface area contributed by atoms with E-state index in [2.05, 4.69) is 0 Å². The first-order valence-corrected chi connectivity index (χ1v) is 5.02. The van der Waals surface area contributed by atoms with Crippen molar-refractivity contribution in [3.8, 4) is 0 Å². The first-order valence-electron chi connectivity index (χ1n) is 5.02. The molecule has 0 radical (unpaired) electrons. The zero-order valence-corrected chi connectivity index (χ0v) is 9.55. The van der Waals surface area contributed by atoms with Gasteiger partial charge in [-0.2, -0.15) is 13.2 Å². The van der Waals surface area contributed by atoms with Gasteiger partial charge in [-0.1, -0.05) is 20.8 Å². The van der Waals surface area contributed by atoms with E-state index in [4.69, 9.17) is 0 Å². The topological polar surface area (TPSA) is 0 Å². The van der Waals surface area contributed by atoms with E-state index in [1.54, 1.807) is 0 Å². The van der Waals surface area contributed by atoms with E-state index in [1.807, 2.05) is 13.8 Å². The number of halogens is 6. The highest BCUT2D eigenvalue weighted by Crippen LogP contribution is 2.36. The Morgan fingerprint density at radius 2 is 1.47 bits per heavy atom. The van der Waals surface area contributed by atoms with Crippen LogP contribution in [0.1, 0.15) is 31.9 Å². The Hall–Kier alpha value is -1.20. The van der Waals surface area contributed by atoms with Crippen molar-refractivity contribution in [3.05, 3.63) is 34.6 Å². The second-order valence-electron chi connectivity index (χ2n) is 2.86. The molecule has 0 saturated carbocycles. The fraction of sp³-hybridized carbons (Fsp3) is 0.455. The molecule has 1 rings (SSSR count). The van der Waals surface area contributed by atoms with Gasteiger partial charge in [-0.05, 0) is 6.42 Å². The predicted molar refractivity (Wildman–Crippen MR) is 52.0 cm³/mol. The van der Waals surface area contributed by atoms with Gasteiger partial charge >= 0.3 is 6.18 Å². The van der Waals surface area contributed by atoms with Gasteiger partial charge in [0.1, 0.15) is 11.4 Å². The van der Waals surface area contributed by atoms with E-state index < -0.39 is 34.8 Å². The lowest BCUT2D eigenvalue weighted by Gasteiger charge is -2.13. The summed E-state index contributed by atoms with van der Waals surface area (Å²) < 4.78 is 75.2. The van der Waals surface area contributed by atoms with Crippen molar-refractivity contribution in [1.82, 2.24) is 0 Å². The van der Waals surface area contributed by atoms with E-state index >= 15 is 0 Å². The summed E-state index contributed by atoms with van der Waals surface area (Å²) in [4.78, 5) is 0. The zero-order valence-electron chi connectivity index (χ0n) is 9.55. The van der Waals surface area contributed by atoms with E-state index in [-0.39, 0.29) is 12.5 Å². The van der Waals surface area contributed by atoms with Crippen molar-refractivity contribution in [1.29, 1.82) is 0 Å². The molecule has 0 N–H and O–H groups in total. The number of alkyl halides is 3. The van der Waals surface area contributed by atoms with Crippen LogP contribution in [0, 0.1) is 17.5 Å². The molecule has 0 saturated heterocycles. The van der Waals surface area contributed by atoms with E-state index in [1.165, 1.54) is 6.92 Å². The molecule has 0 heterocycles. The second-order valence-corrected chi connectivity index (χ2v) is 2.86. The Labute approximate surface area is 95.3 Å². The average Bonchev–Trinajstić information content (AvgIpc) is 2.24. The molecule has 0 aliphatic carbocycles. The van der Waals surface area contributed by atoms with Crippen LogP contribution in [0.5, 0.6) is 0 Å². The third-order valence-corrected chi connectivity index (χ3v) is 1.91. The molecule has 0 aliphatic rings. The highest BCUT2D eigenvalue weighted by molar-refractivity contribution is 5.33. The molecule has 1 aromatic carbocycles. The lowest BCUT2D eigenvalue weighted by molar-refractivity contribution is -0.141. The Morgan fingerprint density at radius 3 is 1.82 bits per heavy atom. The monoisotopic (exact) mass is 258 g/mol. The number of hydrogen-bond donors (Lipinski definition) is 0. The number of hydrogen-bond acceptors (Lipinski definition) is 0. The van der Waals surface area contributed by atoms with Gasteiger partial charge in [0.25, 0.3) is 0 Å². The molecular formula is C11H12F6. The minimum Gasteiger partial charge on any atom is -0.207 e. The van der Waals surface area contributed by atoms with Gasteiger partial charge in [-0.15, -0.1) is 0 Å².